The Hall–Kier alpha value is -1.29. The molecule has 0 aliphatic carbocycles. The predicted octanol–water partition coefficient (Wildman–Crippen LogP) is 1.01. The fraction of sp³-hybridized carbons (Fsp3) is 0.500. The molecular formula is C10H15NO3. The second kappa shape index (κ2) is 3.46. The lowest BCUT2D eigenvalue weighted by Crippen LogP contribution is -2.37. The number of aliphatic hydroxyl groups is 1. The first-order valence-corrected chi connectivity index (χ1v) is 4.44. The van der Waals surface area contributed by atoms with Gasteiger partial charge in [0.2, 0.25) is 0 Å². The van der Waals surface area contributed by atoms with Gasteiger partial charge in [-0.3, -0.25) is 0 Å². The quantitative estimate of drug-likeness (QED) is 0.677. The van der Waals surface area contributed by atoms with Crippen molar-refractivity contribution in [1.29, 1.82) is 0 Å². The molecule has 1 rings (SSSR count). The number of carboxylic acid groups (broad SMARTS) is 1. The lowest BCUT2D eigenvalue weighted by molar-refractivity contribution is -0.156. The zero-order valence-electron chi connectivity index (χ0n) is 8.59. The molecule has 0 fully saturated rings. The summed E-state index contributed by atoms with van der Waals surface area (Å²) in [4.78, 5) is 13.7. The maximum atomic E-state index is 10.7. The lowest BCUT2D eigenvalue weighted by Gasteiger charge is -2.18. The topological polar surface area (TPSA) is 73.3 Å². The molecule has 3 N–H and O–H groups in total. The third kappa shape index (κ3) is 1.96. The largest absolute Gasteiger partial charge is 0.479 e. The van der Waals surface area contributed by atoms with Crippen molar-refractivity contribution in [2.45, 2.75) is 32.8 Å². The number of hydrogen-bond acceptors (Lipinski definition) is 2. The second-order valence-corrected chi connectivity index (χ2v) is 3.83. The summed E-state index contributed by atoms with van der Waals surface area (Å²) < 4.78 is 0. The van der Waals surface area contributed by atoms with Crippen molar-refractivity contribution in [3.63, 3.8) is 0 Å². The summed E-state index contributed by atoms with van der Waals surface area (Å²) in [5.74, 6) is -1.20. The molecule has 0 spiro atoms. The fourth-order valence-electron chi connectivity index (χ4n) is 1.38. The Morgan fingerprint density at radius 3 is 2.50 bits per heavy atom. The van der Waals surface area contributed by atoms with Crippen molar-refractivity contribution < 1.29 is 15.0 Å². The van der Waals surface area contributed by atoms with E-state index in [1.165, 1.54) is 6.92 Å². The van der Waals surface area contributed by atoms with Crippen LogP contribution in [0.4, 0.5) is 0 Å². The van der Waals surface area contributed by atoms with Crippen LogP contribution in [0.2, 0.25) is 0 Å². The number of rotatable bonds is 3. The zero-order chi connectivity index (χ0) is 10.9. The highest BCUT2D eigenvalue weighted by molar-refractivity contribution is 5.77. The summed E-state index contributed by atoms with van der Waals surface area (Å²) in [7, 11) is 0. The maximum Gasteiger partial charge on any atom is 0.335 e. The monoisotopic (exact) mass is 197 g/mol. The van der Waals surface area contributed by atoms with Crippen LogP contribution >= 0.6 is 0 Å². The Labute approximate surface area is 82.6 Å². The maximum absolute atomic E-state index is 10.7. The van der Waals surface area contributed by atoms with E-state index in [9.17, 15) is 9.90 Å². The summed E-state index contributed by atoms with van der Waals surface area (Å²) in [6.07, 6.45) is 1.94. The van der Waals surface area contributed by atoms with Gasteiger partial charge in [-0.15, -0.1) is 0 Å². The van der Waals surface area contributed by atoms with E-state index < -0.39 is 11.6 Å². The molecule has 78 valence electrons. The van der Waals surface area contributed by atoms with Crippen molar-refractivity contribution in [2.75, 3.05) is 0 Å². The molecule has 0 bridgehead atoms. The van der Waals surface area contributed by atoms with Gasteiger partial charge in [-0.1, -0.05) is 0 Å². The summed E-state index contributed by atoms with van der Waals surface area (Å²) in [6, 6.07) is 0. The second-order valence-electron chi connectivity index (χ2n) is 3.83. The fourth-order valence-corrected chi connectivity index (χ4v) is 1.38. The lowest BCUT2D eigenvalue weighted by atomic mass is 9.95. The number of aliphatic carboxylic acids is 1. The highest BCUT2D eigenvalue weighted by atomic mass is 16.4. The average molecular weight is 197 g/mol. The van der Waals surface area contributed by atoms with Crippen LogP contribution in [0.1, 0.15) is 23.7 Å². The molecule has 1 atom stereocenters. The van der Waals surface area contributed by atoms with Gasteiger partial charge in [0.1, 0.15) is 0 Å². The minimum atomic E-state index is -1.70. The Bertz CT molecular complexity index is 333. The molecular weight excluding hydrogens is 182 g/mol. The van der Waals surface area contributed by atoms with Gasteiger partial charge < -0.3 is 15.2 Å². The Morgan fingerprint density at radius 2 is 2.14 bits per heavy atom. The Kier molecular flexibility index (Phi) is 2.66. The number of aryl methyl sites for hydroxylation is 2. The van der Waals surface area contributed by atoms with E-state index in [0.29, 0.717) is 0 Å². The number of H-pyrrole nitrogens is 1. The van der Waals surface area contributed by atoms with Crippen molar-refractivity contribution in [1.82, 2.24) is 4.98 Å². The Morgan fingerprint density at radius 1 is 1.57 bits per heavy atom. The number of carbonyl (C=O) groups is 1. The van der Waals surface area contributed by atoms with E-state index >= 15 is 0 Å². The van der Waals surface area contributed by atoms with Crippen molar-refractivity contribution in [3.05, 3.63) is 23.0 Å². The summed E-state index contributed by atoms with van der Waals surface area (Å²) in [5.41, 5.74) is 1.06. The van der Waals surface area contributed by atoms with Crippen LogP contribution in [0.25, 0.3) is 0 Å². The number of aromatic nitrogens is 1. The van der Waals surface area contributed by atoms with E-state index in [1.54, 1.807) is 0 Å². The average Bonchev–Trinajstić information content (AvgIpc) is 2.35. The van der Waals surface area contributed by atoms with Crippen LogP contribution in [-0.4, -0.2) is 26.8 Å². The molecule has 1 aromatic heterocycles. The van der Waals surface area contributed by atoms with Crippen LogP contribution in [0.15, 0.2) is 6.20 Å². The molecule has 14 heavy (non-hydrogen) atoms. The van der Waals surface area contributed by atoms with Crippen LogP contribution in [0.3, 0.4) is 0 Å². The van der Waals surface area contributed by atoms with Crippen LogP contribution in [0, 0.1) is 13.8 Å². The molecule has 1 heterocycles. The van der Waals surface area contributed by atoms with Gasteiger partial charge in [0, 0.05) is 18.3 Å². The molecule has 0 aliphatic rings. The van der Waals surface area contributed by atoms with Crippen molar-refractivity contribution in [2.24, 2.45) is 0 Å². The normalized spacial score (nSPS) is 15.1. The van der Waals surface area contributed by atoms with Crippen LogP contribution < -0.4 is 0 Å². The molecule has 0 saturated carbocycles. The van der Waals surface area contributed by atoms with E-state index in [-0.39, 0.29) is 6.42 Å². The summed E-state index contributed by atoms with van der Waals surface area (Å²) >= 11 is 0. The van der Waals surface area contributed by atoms with Gasteiger partial charge in [0.15, 0.2) is 5.60 Å². The molecule has 1 aromatic rings. The molecule has 4 heteroatoms. The SMILES string of the molecule is Cc1c[nH]c(C)c1CC(C)(O)C(=O)O. The van der Waals surface area contributed by atoms with Gasteiger partial charge in [-0.2, -0.15) is 0 Å². The van der Waals surface area contributed by atoms with Crippen LogP contribution in [0.5, 0.6) is 0 Å². The molecule has 0 aliphatic heterocycles. The number of carboxylic acids is 1. The van der Waals surface area contributed by atoms with Crippen LogP contribution in [-0.2, 0) is 11.2 Å². The highest BCUT2D eigenvalue weighted by Gasteiger charge is 2.31. The van der Waals surface area contributed by atoms with E-state index in [4.69, 9.17) is 5.11 Å². The number of hydrogen-bond donors (Lipinski definition) is 3. The van der Waals surface area contributed by atoms with E-state index in [2.05, 4.69) is 4.98 Å². The smallest absolute Gasteiger partial charge is 0.335 e. The standard InChI is InChI=1S/C10H15NO3/c1-6-5-11-7(2)8(6)4-10(3,14)9(12)13/h5,11,14H,4H2,1-3H3,(H,12,13). The number of aromatic amines is 1. The Balaban J connectivity index is 2.94. The zero-order valence-corrected chi connectivity index (χ0v) is 8.59. The molecule has 0 aromatic carbocycles. The first-order chi connectivity index (χ1) is 6.34. The number of nitrogens with one attached hydrogen (secondary N) is 1. The third-order valence-electron chi connectivity index (χ3n) is 2.42. The van der Waals surface area contributed by atoms with E-state index in [1.807, 2.05) is 20.0 Å². The minimum absolute atomic E-state index is 0.128. The van der Waals surface area contributed by atoms with Gasteiger partial charge in [-0.25, -0.2) is 4.79 Å². The highest BCUT2D eigenvalue weighted by Crippen LogP contribution is 2.19. The first-order valence-electron chi connectivity index (χ1n) is 4.44. The summed E-state index contributed by atoms with van der Waals surface area (Å²) in [5, 5.41) is 18.4. The minimum Gasteiger partial charge on any atom is -0.479 e. The third-order valence-corrected chi connectivity index (χ3v) is 2.42. The molecule has 0 saturated heterocycles. The molecule has 1 unspecified atom stereocenters. The molecule has 4 nitrogen and oxygen atoms in total. The predicted molar refractivity (Wildman–Crippen MR) is 52.2 cm³/mol. The summed E-state index contributed by atoms with van der Waals surface area (Å²) in [6.45, 7) is 5.05. The first kappa shape index (κ1) is 10.8. The van der Waals surface area contributed by atoms with Gasteiger partial charge in [-0.05, 0) is 31.9 Å². The molecule has 0 amide bonds. The van der Waals surface area contributed by atoms with Gasteiger partial charge >= 0.3 is 5.97 Å². The van der Waals surface area contributed by atoms with Gasteiger partial charge in [0.05, 0.1) is 0 Å². The van der Waals surface area contributed by atoms with E-state index in [0.717, 1.165) is 16.8 Å². The van der Waals surface area contributed by atoms with Gasteiger partial charge in [0.25, 0.3) is 0 Å². The van der Waals surface area contributed by atoms with Crippen molar-refractivity contribution in [3.8, 4) is 0 Å². The molecule has 0 radical (unpaired) electrons. The van der Waals surface area contributed by atoms with Crippen molar-refractivity contribution >= 4 is 5.97 Å².